The van der Waals surface area contributed by atoms with E-state index >= 15 is 0 Å². The fraction of sp³-hybridized carbons (Fsp3) is 0.0345. The number of ketones is 1. The summed E-state index contributed by atoms with van der Waals surface area (Å²) in [5, 5.41) is 2.38. The highest BCUT2D eigenvalue weighted by atomic mass is 16.1. The highest BCUT2D eigenvalue weighted by molar-refractivity contribution is 6.24. The average Bonchev–Trinajstić information content (AvgIpc) is 3.11. The average molecular weight is 397 g/mol. The van der Waals surface area contributed by atoms with Gasteiger partial charge in [0.2, 0.25) is 0 Å². The van der Waals surface area contributed by atoms with Crippen LogP contribution in [0, 0.1) is 6.92 Å². The fourth-order valence-electron chi connectivity index (χ4n) is 4.45. The Balaban J connectivity index is 1.64. The third kappa shape index (κ3) is 2.80. The van der Waals surface area contributed by atoms with Gasteiger partial charge in [-0.25, -0.2) is 4.98 Å². The molecule has 0 spiro atoms. The van der Waals surface area contributed by atoms with Crippen LogP contribution in [0.3, 0.4) is 0 Å². The Bertz CT molecular complexity index is 1500. The number of carbonyl (C=O) groups is 1. The molecule has 1 aromatic heterocycles. The summed E-state index contributed by atoms with van der Waals surface area (Å²) < 4.78 is 0. The maximum atomic E-state index is 13.3. The van der Waals surface area contributed by atoms with Crippen molar-refractivity contribution in [3.8, 4) is 33.6 Å². The molecule has 146 valence electrons. The first kappa shape index (κ1) is 17.8. The Labute approximate surface area is 180 Å². The molecule has 0 radical (unpaired) electrons. The normalized spacial score (nSPS) is 12.1. The Kier molecular flexibility index (Phi) is 3.87. The van der Waals surface area contributed by atoms with E-state index < -0.39 is 0 Å². The van der Waals surface area contributed by atoms with Crippen molar-refractivity contribution in [2.45, 2.75) is 6.92 Å². The molecule has 0 aliphatic heterocycles. The van der Waals surface area contributed by atoms with E-state index in [0.29, 0.717) is 5.56 Å². The maximum absolute atomic E-state index is 13.3. The molecule has 0 N–H and O–H groups in total. The van der Waals surface area contributed by atoms with E-state index in [9.17, 15) is 4.79 Å². The quantitative estimate of drug-likeness (QED) is 0.312. The number of aryl methyl sites for hydroxylation is 1. The minimum atomic E-state index is 0.0544. The number of hydrogen-bond donors (Lipinski definition) is 0. The number of rotatable bonds is 2. The second kappa shape index (κ2) is 6.75. The van der Waals surface area contributed by atoms with Crippen molar-refractivity contribution < 1.29 is 4.79 Å². The number of aromatic nitrogens is 1. The molecule has 0 unspecified atom stereocenters. The molecule has 4 aromatic carbocycles. The number of pyridine rings is 1. The summed E-state index contributed by atoms with van der Waals surface area (Å²) in [5.41, 5.74) is 8.22. The summed E-state index contributed by atoms with van der Waals surface area (Å²) in [5.74, 6) is 0.0544. The first-order chi connectivity index (χ1) is 15.2. The van der Waals surface area contributed by atoms with E-state index in [-0.39, 0.29) is 5.78 Å². The lowest BCUT2D eigenvalue weighted by Crippen LogP contribution is -2.00. The van der Waals surface area contributed by atoms with E-state index in [1.54, 1.807) is 0 Å². The number of nitrogens with zero attached hydrogens (tertiary/aromatic N) is 1. The van der Waals surface area contributed by atoms with Gasteiger partial charge >= 0.3 is 0 Å². The van der Waals surface area contributed by atoms with Gasteiger partial charge in [-0.15, -0.1) is 0 Å². The molecule has 0 amide bonds. The van der Waals surface area contributed by atoms with Crippen LogP contribution in [-0.2, 0) is 0 Å². The van der Waals surface area contributed by atoms with Crippen molar-refractivity contribution in [1.29, 1.82) is 0 Å². The SMILES string of the molecule is Cc1ccc(-c2cc(-c3ccc4ccccc4c3)nc3c2C(=O)c2ccccc2-3)cc1. The first-order valence-electron chi connectivity index (χ1n) is 10.4. The Morgan fingerprint density at radius 2 is 1.29 bits per heavy atom. The molecule has 0 saturated carbocycles. The van der Waals surface area contributed by atoms with Gasteiger partial charge in [-0.3, -0.25) is 4.79 Å². The van der Waals surface area contributed by atoms with Crippen LogP contribution in [-0.4, -0.2) is 10.8 Å². The van der Waals surface area contributed by atoms with Crippen molar-refractivity contribution >= 4 is 16.6 Å². The molecule has 1 heterocycles. The van der Waals surface area contributed by atoms with Gasteiger partial charge in [0.25, 0.3) is 0 Å². The highest BCUT2D eigenvalue weighted by Gasteiger charge is 2.31. The van der Waals surface area contributed by atoms with E-state index in [4.69, 9.17) is 4.98 Å². The predicted molar refractivity (Wildman–Crippen MR) is 126 cm³/mol. The van der Waals surface area contributed by atoms with Crippen LogP contribution in [0.5, 0.6) is 0 Å². The molecule has 1 aliphatic carbocycles. The van der Waals surface area contributed by atoms with Gasteiger partial charge in [-0.2, -0.15) is 0 Å². The van der Waals surface area contributed by atoms with Crippen LogP contribution in [0.25, 0.3) is 44.4 Å². The zero-order valence-electron chi connectivity index (χ0n) is 17.1. The van der Waals surface area contributed by atoms with Gasteiger partial charge in [0.1, 0.15) is 0 Å². The molecule has 0 atom stereocenters. The molecule has 0 fully saturated rings. The molecule has 0 saturated heterocycles. The molecule has 0 bridgehead atoms. The lowest BCUT2D eigenvalue weighted by atomic mass is 9.94. The van der Waals surface area contributed by atoms with E-state index in [0.717, 1.165) is 39.2 Å². The zero-order chi connectivity index (χ0) is 20.9. The van der Waals surface area contributed by atoms with Crippen LogP contribution >= 0.6 is 0 Å². The highest BCUT2D eigenvalue weighted by Crippen LogP contribution is 2.42. The summed E-state index contributed by atoms with van der Waals surface area (Å²) in [6.07, 6.45) is 0. The Morgan fingerprint density at radius 3 is 2.10 bits per heavy atom. The second-order valence-electron chi connectivity index (χ2n) is 8.08. The minimum absolute atomic E-state index is 0.0544. The smallest absolute Gasteiger partial charge is 0.196 e. The Hall–Kier alpha value is -4.04. The molecule has 6 rings (SSSR count). The van der Waals surface area contributed by atoms with Crippen LogP contribution in [0.2, 0.25) is 0 Å². The van der Waals surface area contributed by atoms with Gasteiger partial charge in [0.15, 0.2) is 5.78 Å². The standard InChI is InChI=1S/C29H19NO/c1-18-10-12-20(13-11-18)25-17-26(22-15-14-19-6-2-3-7-21(19)16-22)30-28-23-8-4-5-9-24(23)29(31)27(25)28/h2-17H,1H3. The summed E-state index contributed by atoms with van der Waals surface area (Å²) in [6, 6.07) is 32.9. The Morgan fingerprint density at radius 1 is 0.613 bits per heavy atom. The first-order valence-corrected chi connectivity index (χ1v) is 10.4. The monoisotopic (exact) mass is 397 g/mol. The molecule has 1 aliphatic rings. The third-order valence-electron chi connectivity index (χ3n) is 6.08. The summed E-state index contributed by atoms with van der Waals surface area (Å²) in [6.45, 7) is 2.07. The van der Waals surface area contributed by atoms with E-state index in [1.165, 1.54) is 16.3 Å². The molecule has 2 heteroatoms. The number of benzene rings is 4. The summed E-state index contributed by atoms with van der Waals surface area (Å²) in [4.78, 5) is 18.3. The van der Waals surface area contributed by atoms with Crippen LogP contribution in [0.1, 0.15) is 21.5 Å². The van der Waals surface area contributed by atoms with Crippen molar-refractivity contribution in [3.63, 3.8) is 0 Å². The fourth-order valence-corrected chi connectivity index (χ4v) is 4.45. The maximum Gasteiger partial charge on any atom is 0.196 e. The minimum Gasteiger partial charge on any atom is -0.288 e. The van der Waals surface area contributed by atoms with Crippen LogP contribution in [0.15, 0.2) is 97.1 Å². The molecule has 31 heavy (non-hydrogen) atoms. The zero-order valence-corrected chi connectivity index (χ0v) is 17.1. The topological polar surface area (TPSA) is 30.0 Å². The van der Waals surface area contributed by atoms with Gasteiger partial charge in [-0.05, 0) is 41.0 Å². The number of fused-ring (bicyclic) bond motifs is 4. The molecular weight excluding hydrogens is 378 g/mol. The largest absolute Gasteiger partial charge is 0.288 e. The van der Waals surface area contributed by atoms with Gasteiger partial charge in [-0.1, -0.05) is 90.5 Å². The van der Waals surface area contributed by atoms with Crippen molar-refractivity contribution in [3.05, 3.63) is 114 Å². The predicted octanol–water partition coefficient (Wildman–Crippen LogP) is 7.09. The van der Waals surface area contributed by atoms with Crippen LogP contribution in [0.4, 0.5) is 0 Å². The van der Waals surface area contributed by atoms with Crippen LogP contribution < -0.4 is 0 Å². The second-order valence-corrected chi connectivity index (χ2v) is 8.08. The van der Waals surface area contributed by atoms with E-state index in [1.807, 2.05) is 30.3 Å². The van der Waals surface area contributed by atoms with Crippen molar-refractivity contribution in [1.82, 2.24) is 4.98 Å². The number of hydrogen-bond acceptors (Lipinski definition) is 2. The van der Waals surface area contributed by atoms with Gasteiger partial charge in [0, 0.05) is 16.7 Å². The third-order valence-corrected chi connectivity index (χ3v) is 6.08. The van der Waals surface area contributed by atoms with Gasteiger partial charge < -0.3 is 0 Å². The summed E-state index contributed by atoms with van der Waals surface area (Å²) in [7, 11) is 0. The molecule has 5 aromatic rings. The van der Waals surface area contributed by atoms with Gasteiger partial charge in [0.05, 0.1) is 17.0 Å². The lowest BCUT2D eigenvalue weighted by Gasteiger charge is -2.12. The molecular formula is C29H19NO. The van der Waals surface area contributed by atoms with Crippen molar-refractivity contribution in [2.24, 2.45) is 0 Å². The lowest BCUT2D eigenvalue weighted by molar-refractivity contribution is 0.104. The summed E-state index contributed by atoms with van der Waals surface area (Å²) >= 11 is 0. The number of carbonyl (C=O) groups excluding carboxylic acids is 1. The van der Waals surface area contributed by atoms with E-state index in [2.05, 4.69) is 73.7 Å². The van der Waals surface area contributed by atoms with Crippen molar-refractivity contribution in [2.75, 3.05) is 0 Å². The molecule has 2 nitrogen and oxygen atoms in total.